The van der Waals surface area contributed by atoms with Crippen molar-refractivity contribution in [3.63, 3.8) is 0 Å². The number of benzene rings is 2. The SMILES string of the molecule is CCOP(=O)(OCC)P1(Oc2ccc(O)cc2)=NP(O)(Oc2ccccc2)=NP=N1. The fourth-order valence-electron chi connectivity index (χ4n) is 2.32. The van der Waals surface area contributed by atoms with E-state index in [2.05, 4.69) is 13.5 Å². The molecule has 1 heterocycles. The summed E-state index contributed by atoms with van der Waals surface area (Å²) in [7, 11) is -11.6. The molecule has 2 N–H and O–H groups in total. The molecule has 0 spiro atoms. The quantitative estimate of drug-likeness (QED) is 0.359. The molecule has 0 amide bonds. The van der Waals surface area contributed by atoms with E-state index in [4.69, 9.17) is 18.1 Å². The number of phenolic OH excluding ortho intramolecular Hbond substituents is 1. The Morgan fingerprint density at radius 3 is 2.17 bits per heavy atom. The summed E-state index contributed by atoms with van der Waals surface area (Å²) in [6, 6.07) is 14.2. The Morgan fingerprint density at radius 1 is 0.967 bits per heavy atom. The Labute approximate surface area is 176 Å². The van der Waals surface area contributed by atoms with E-state index < -0.39 is 22.1 Å². The smallest absolute Gasteiger partial charge is 0.427 e. The van der Waals surface area contributed by atoms with Crippen LogP contribution in [0.25, 0.3) is 0 Å². The fraction of sp³-hybridized carbons (Fsp3) is 0.250. The molecule has 0 saturated heterocycles. The molecule has 2 unspecified atom stereocenters. The summed E-state index contributed by atoms with van der Waals surface area (Å²) in [6.45, 7) is 3.40. The molecule has 2 atom stereocenters. The molecule has 0 saturated carbocycles. The lowest BCUT2D eigenvalue weighted by molar-refractivity contribution is 0.233. The van der Waals surface area contributed by atoms with Gasteiger partial charge in [0.2, 0.25) is 0 Å². The topological polar surface area (TPSA) is 132 Å². The Bertz CT molecular complexity index is 1050. The van der Waals surface area contributed by atoms with Gasteiger partial charge in [0.1, 0.15) is 17.2 Å². The number of rotatable bonds is 9. The van der Waals surface area contributed by atoms with Crippen LogP contribution < -0.4 is 9.05 Å². The minimum absolute atomic E-state index is 0.0228. The molecule has 1 aliphatic rings. The third-order valence-electron chi connectivity index (χ3n) is 3.49. The minimum Gasteiger partial charge on any atom is -0.508 e. The zero-order chi connectivity index (χ0) is 21.7. The highest BCUT2D eigenvalue weighted by atomic mass is 32.1. The van der Waals surface area contributed by atoms with Crippen molar-refractivity contribution in [2.45, 2.75) is 13.8 Å². The first-order chi connectivity index (χ1) is 14.3. The molecule has 0 bridgehead atoms. The molecule has 2 aromatic carbocycles. The lowest BCUT2D eigenvalue weighted by Gasteiger charge is -2.29. The predicted molar refractivity (Wildman–Crippen MR) is 117 cm³/mol. The van der Waals surface area contributed by atoms with Crippen LogP contribution in [-0.4, -0.2) is 23.2 Å². The number of aromatic hydroxyl groups is 1. The highest BCUT2D eigenvalue weighted by Gasteiger charge is 2.51. The third-order valence-corrected chi connectivity index (χ3v) is 14.9. The monoisotopic (exact) mass is 491 g/mol. The molecular formula is C16H21N3O7P4. The van der Waals surface area contributed by atoms with Crippen molar-refractivity contribution in [1.82, 2.24) is 0 Å². The van der Waals surface area contributed by atoms with Gasteiger partial charge in [-0.25, -0.2) is 4.57 Å². The second kappa shape index (κ2) is 9.76. The fourth-order valence-corrected chi connectivity index (χ4v) is 14.3. The summed E-state index contributed by atoms with van der Waals surface area (Å²) in [5, 5.41) is 9.53. The Kier molecular flexibility index (Phi) is 7.54. The van der Waals surface area contributed by atoms with Gasteiger partial charge < -0.3 is 28.1 Å². The van der Waals surface area contributed by atoms with Crippen molar-refractivity contribution in [1.29, 1.82) is 0 Å². The summed E-state index contributed by atoms with van der Waals surface area (Å²) in [5.41, 5.74) is 0. The normalized spacial score (nSPS) is 23.8. The Balaban J connectivity index is 2.14. The molecule has 30 heavy (non-hydrogen) atoms. The molecule has 3 rings (SSSR count). The Hall–Kier alpha value is -1.49. The average Bonchev–Trinajstić information content (AvgIpc) is 2.70. The van der Waals surface area contributed by atoms with Gasteiger partial charge in [0.25, 0.3) is 0 Å². The van der Waals surface area contributed by atoms with Crippen molar-refractivity contribution >= 4 is 30.6 Å². The number of hydrogen-bond donors (Lipinski definition) is 2. The Morgan fingerprint density at radius 2 is 1.57 bits per heavy atom. The molecule has 0 aromatic heterocycles. The molecule has 2 aromatic rings. The van der Waals surface area contributed by atoms with Crippen LogP contribution in [0.3, 0.4) is 0 Å². The highest BCUT2D eigenvalue weighted by Crippen LogP contribution is 2.89. The number of phenols is 1. The van der Waals surface area contributed by atoms with Crippen LogP contribution in [0.2, 0.25) is 0 Å². The summed E-state index contributed by atoms with van der Waals surface area (Å²) < 4.78 is 48.9. The first kappa shape index (κ1) is 23.2. The van der Waals surface area contributed by atoms with E-state index in [0.29, 0.717) is 5.75 Å². The minimum atomic E-state index is -4.07. The zero-order valence-corrected chi connectivity index (χ0v) is 19.8. The van der Waals surface area contributed by atoms with Gasteiger partial charge in [0, 0.05) is 0 Å². The van der Waals surface area contributed by atoms with Gasteiger partial charge in [-0.2, -0.15) is 4.52 Å². The molecule has 0 radical (unpaired) electrons. The maximum Gasteiger partial charge on any atom is 0.427 e. The lowest BCUT2D eigenvalue weighted by atomic mass is 10.3. The summed E-state index contributed by atoms with van der Waals surface area (Å²) in [6.07, 6.45) is 0. The van der Waals surface area contributed by atoms with Crippen LogP contribution in [0.5, 0.6) is 17.2 Å². The first-order valence-corrected chi connectivity index (χ1v) is 15.1. The van der Waals surface area contributed by atoms with Crippen molar-refractivity contribution in [2.24, 2.45) is 13.5 Å². The largest absolute Gasteiger partial charge is 0.508 e. The van der Waals surface area contributed by atoms with Gasteiger partial charge in [0.15, 0.2) is 8.52 Å². The average molecular weight is 491 g/mol. The second-order valence-electron chi connectivity index (χ2n) is 5.68. The predicted octanol–water partition coefficient (Wildman–Crippen LogP) is 7.06. The van der Waals surface area contributed by atoms with E-state index >= 15 is 0 Å². The van der Waals surface area contributed by atoms with Crippen molar-refractivity contribution in [3.05, 3.63) is 54.6 Å². The van der Waals surface area contributed by atoms with E-state index in [1.54, 1.807) is 44.2 Å². The number of nitrogens with zero attached hydrogens (tertiary/aromatic N) is 3. The number of hydrogen-bond acceptors (Lipinski definition) is 9. The van der Waals surface area contributed by atoms with Crippen LogP contribution >= 0.6 is 30.6 Å². The highest BCUT2D eigenvalue weighted by molar-refractivity contribution is 8.31. The molecule has 10 nitrogen and oxygen atoms in total. The van der Waals surface area contributed by atoms with Crippen molar-refractivity contribution in [2.75, 3.05) is 13.2 Å². The standard InChI is InChI=1S/C16H21N3O7P4/c1-3-23-30(22,24-4-2)29(26-16-12-10-14(20)11-13-16)18-27-17-28(21,19-29)25-15-8-6-5-7-9-15/h5-13,20-21H,3-4H2,1-2H3. The second-order valence-corrected chi connectivity index (χ2v) is 14.9. The number of para-hydroxylation sites is 1. The van der Waals surface area contributed by atoms with Crippen molar-refractivity contribution in [3.8, 4) is 17.2 Å². The molecule has 14 heteroatoms. The van der Waals surface area contributed by atoms with Crippen LogP contribution in [0.1, 0.15) is 13.8 Å². The van der Waals surface area contributed by atoms with E-state index in [-0.39, 0.29) is 33.2 Å². The van der Waals surface area contributed by atoms with Gasteiger partial charge in [-0.3, -0.25) is 0 Å². The van der Waals surface area contributed by atoms with E-state index in [1.165, 1.54) is 24.3 Å². The van der Waals surface area contributed by atoms with Crippen LogP contribution in [-0.2, 0) is 13.6 Å². The van der Waals surface area contributed by atoms with Gasteiger partial charge in [-0.05, 0) is 50.2 Å². The van der Waals surface area contributed by atoms with Crippen LogP contribution in [0.4, 0.5) is 0 Å². The van der Waals surface area contributed by atoms with E-state index in [1.807, 2.05) is 0 Å². The van der Waals surface area contributed by atoms with Gasteiger partial charge in [-0.15, -0.1) is 9.03 Å². The molecule has 162 valence electrons. The first-order valence-electron chi connectivity index (χ1n) is 8.87. The van der Waals surface area contributed by atoms with Gasteiger partial charge >= 0.3 is 22.1 Å². The summed E-state index contributed by atoms with van der Waals surface area (Å²) >= 11 is 0. The third kappa shape index (κ3) is 5.22. The van der Waals surface area contributed by atoms with E-state index in [0.717, 1.165) is 0 Å². The summed E-state index contributed by atoms with van der Waals surface area (Å²) in [5.74, 6) is 0.578. The maximum absolute atomic E-state index is 13.7. The van der Waals surface area contributed by atoms with Crippen LogP contribution in [0, 0.1) is 0 Å². The van der Waals surface area contributed by atoms with Gasteiger partial charge in [-0.1, -0.05) is 18.2 Å². The summed E-state index contributed by atoms with van der Waals surface area (Å²) in [4.78, 5) is 11.0. The van der Waals surface area contributed by atoms with Gasteiger partial charge in [0.05, 0.1) is 13.2 Å². The lowest BCUT2D eigenvalue weighted by Crippen LogP contribution is -2.03. The maximum atomic E-state index is 13.7. The van der Waals surface area contributed by atoms with E-state index in [9.17, 15) is 14.6 Å². The van der Waals surface area contributed by atoms with Crippen LogP contribution in [0.15, 0.2) is 68.1 Å². The van der Waals surface area contributed by atoms with Crippen molar-refractivity contribution < 1.29 is 32.7 Å². The molecule has 1 aliphatic heterocycles. The molecule has 0 fully saturated rings. The molecule has 0 aliphatic carbocycles. The zero-order valence-electron chi connectivity index (χ0n) is 16.2. The molecular weight excluding hydrogens is 470 g/mol.